The predicted molar refractivity (Wildman–Crippen MR) is 98.3 cm³/mol. The monoisotopic (exact) mass is 402 g/mol. The Morgan fingerprint density at radius 1 is 0.643 bits per heavy atom. The van der Waals surface area contributed by atoms with Gasteiger partial charge in [-0.25, -0.2) is 0 Å². The summed E-state index contributed by atoms with van der Waals surface area (Å²) in [5.41, 5.74) is -1.50. The molecular weight excluding hydrogens is 378 g/mol. The van der Waals surface area contributed by atoms with Crippen molar-refractivity contribution in [3.8, 4) is 0 Å². The standard InChI is InChI=1S/C22H24F6/c1-19(2,3)18-11-14(9-10-17(18)22(26,27)28)13-20(4,5)15-7-6-8-16(12-15)21(23,24)25/h6-12H,13H2,1-5H3. The summed E-state index contributed by atoms with van der Waals surface area (Å²) in [6.07, 6.45) is -8.59. The topological polar surface area (TPSA) is 0 Å². The minimum atomic E-state index is -4.46. The molecule has 0 radical (unpaired) electrons. The summed E-state index contributed by atoms with van der Waals surface area (Å²) in [5.74, 6) is 0. The van der Waals surface area contributed by atoms with Crippen molar-refractivity contribution in [2.24, 2.45) is 0 Å². The fraction of sp³-hybridized carbons (Fsp3) is 0.455. The first-order valence-corrected chi connectivity index (χ1v) is 8.90. The molecule has 0 fully saturated rings. The van der Waals surface area contributed by atoms with Crippen LogP contribution in [0.5, 0.6) is 0 Å². The summed E-state index contributed by atoms with van der Waals surface area (Å²) in [6, 6.07) is 9.09. The number of alkyl halides is 6. The van der Waals surface area contributed by atoms with Crippen molar-refractivity contribution in [1.82, 2.24) is 0 Å². The molecule has 0 aliphatic rings. The highest BCUT2D eigenvalue weighted by Gasteiger charge is 2.37. The van der Waals surface area contributed by atoms with Gasteiger partial charge >= 0.3 is 12.4 Å². The first-order valence-electron chi connectivity index (χ1n) is 8.90. The van der Waals surface area contributed by atoms with Gasteiger partial charge in [-0.3, -0.25) is 0 Å². The van der Waals surface area contributed by atoms with Crippen molar-refractivity contribution in [2.45, 2.75) is 64.2 Å². The number of benzene rings is 2. The summed E-state index contributed by atoms with van der Waals surface area (Å²) in [6.45, 7) is 8.70. The number of halogens is 6. The fourth-order valence-electron chi connectivity index (χ4n) is 3.30. The van der Waals surface area contributed by atoms with E-state index in [0.29, 0.717) is 17.5 Å². The van der Waals surface area contributed by atoms with Crippen molar-refractivity contribution in [3.05, 3.63) is 70.3 Å². The van der Waals surface area contributed by atoms with Crippen molar-refractivity contribution < 1.29 is 26.3 Å². The smallest absolute Gasteiger partial charge is 0.166 e. The second kappa shape index (κ2) is 7.12. The zero-order valence-electron chi connectivity index (χ0n) is 16.5. The molecule has 0 amide bonds. The molecule has 0 saturated carbocycles. The van der Waals surface area contributed by atoms with E-state index in [1.54, 1.807) is 40.7 Å². The molecule has 0 atom stereocenters. The first kappa shape index (κ1) is 22.3. The van der Waals surface area contributed by atoms with Gasteiger partial charge in [-0.15, -0.1) is 0 Å². The molecular formula is C22H24F6. The Labute approximate surface area is 161 Å². The third-order valence-electron chi connectivity index (χ3n) is 4.81. The molecule has 0 saturated heterocycles. The van der Waals surface area contributed by atoms with Gasteiger partial charge in [0.25, 0.3) is 0 Å². The largest absolute Gasteiger partial charge is 0.416 e. The summed E-state index contributed by atoms with van der Waals surface area (Å²) in [7, 11) is 0. The molecule has 0 heterocycles. The molecule has 28 heavy (non-hydrogen) atoms. The summed E-state index contributed by atoms with van der Waals surface area (Å²) < 4.78 is 79.1. The Morgan fingerprint density at radius 2 is 1.21 bits per heavy atom. The maximum Gasteiger partial charge on any atom is 0.416 e. The third kappa shape index (κ3) is 5.09. The quantitative estimate of drug-likeness (QED) is 0.465. The van der Waals surface area contributed by atoms with Crippen molar-refractivity contribution in [2.75, 3.05) is 0 Å². The van der Waals surface area contributed by atoms with E-state index >= 15 is 0 Å². The van der Waals surface area contributed by atoms with Gasteiger partial charge in [0, 0.05) is 0 Å². The average Bonchev–Trinajstić information content (AvgIpc) is 2.52. The van der Waals surface area contributed by atoms with Crippen LogP contribution in [-0.2, 0) is 29.6 Å². The van der Waals surface area contributed by atoms with Gasteiger partial charge in [-0.1, -0.05) is 65.0 Å². The van der Waals surface area contributed by atoms with Crippen LogP contribution in [-0.4, -0.2) is 0 Å². The minimum absolute atomic E-state index is 0.178. The zero-order valence-corrected chi connectivity index (χ0v) is 16.5. The van der Waals surface area contributed by atoms with E-state index in [-0.39, 0.29) is 5.56 Å². The maximum atomic E-state index is 13.4. The first-order chi connectivity index (χ1) is 12.5. The lowest BCUT2D eigenvalue weighted by Crippen LogP contribution is -2.23. The van der Waals surface area contributed by atoms with Crippen LogP contribution in [0.2, 0.25) is 0 Å². The predicted octanol–water partition coefficient (Wildman–Crippen LogP) is 7.54. The van der Waals surface area contributed by atoms with E-state index < -0.39 is 34.3 Å². The molecule has 0 aliphatic heterocycles. The molecule has 0 nitrogen and oxygen atoms in total. The van der Waals surface area contributed by atoms with E-state index in [1.165, 1.54) is 18.2 Å². The Kier molecular flexibility index (Phi) is 5.68. The number of hydrogen-bond donors (Lipinski definition) is 0. The van der Waals surface area contributed by atoms with Gasteiger partial charge in [-0.05, 0) is 46.1 Å². The molecule has 6 heteroatoms. The molecule has 0 spiro atoms. The Hall–Kier alpha value is -1.98. The van der Waals surface area contributed by atoms with Gasteiger partial charge in [0.05, 0.1) is 11.1 Å². The van der Waals surface area contributed by atoms with E-state index in [2.05, 4.69) is 0 Å². The van der Waals surface area contributed by atoms with Crippen molar-refractivity contribution >= 4 is 0 Å². The second-order valence-electron chi connectivity index (χ2n) is 8.77. The van der Waals surface area contributed by atoms with Crippen LogP contribution < -0.4 is 0 Å². The lowest BCUT2D eigenvalue weighted by molar-refractivity contribution is -0.139. The van der Waals surface area contributed by atoms with Gasteiger partial charge < -0.3 is 0 Å². The van der Waals surface area contributed by atoms with Crippen LogP contribution in [0, 0.1) is 0 Å². The third-order valence-corrected chi connectivity index (χ3v) is 4.81. The van der Waals surface area contributed by atoms with E-state index in [0.717, 1.165) is 18.2 Å². The van der Waals surface area contributed by atoms with Crippen LogP contribution in [0.15, 0.2) is 42.5 Å². The van der Waals surface area contributed by atoms with E-state index in [9.17, 15) is 26.3 Å². The summed E-state index contributed by atoms with van der Waals surface area (Å²) in [4.78, 5) is 0. The van der Waals surface area contributed by atoms with Crippen LogP contribution >= 0.6 is 0 Å². The van der Waals surface area contributed by atoms with E-state index in [1.807, 2.05) is 0 Å². The normalized spacial score (nSPS) is 13.7. The van der Waals surface area contributed by atoms with Gasteiger partial charge in [-0.2, -0.15) is 26.3 Å². The van der Waals surface area contributed by atoms with E-state index in [4.69, 9.17) is 0 Å². The molecule has 0 unspecified atom stereocenters. The lowest BCUT2D eigenvalue weighted by atomic mass is 9.76. The lowest BCUT2D eigenvalue weighted by Gasteiger charge is -2.29. The molecule has 0 aliphatic carbocycles. The molecule has 2 aromatic carbocycles. The Balaban J connectivity index is 2.45. The van der Waals surface area contributed by atoms with Crippen LogP contribution in [0.3, 0.4) is 0 Å². The molecule has 0 bridgehead atoms. The summed E-state index contributed by atoms with van der Waals surface area (Å²) >= 11 is 0. The molecule has 2 aromatic rings. The Morgan fingerprint density at radius 3 is 1.71 bits per heavy atom. The second-order valence-corrected chi connectivity index (χ2v) is 8.77. The number of hydrogen-bond acceptors (Lipinski definition) is 0. The highest BCUT2D eigenvalue weighted by Crippen LogP contribution is 2.39. The molecule has 0 N–H and O–H groups in total. The van der Waals surface area contributed by atoms with Crippen molar-refractivity contribution in [3.63, 3.8) is 0 Å². The van der Waals surface area contributed by atoms with Gasteiger partial charge in [0.1, 0.15) is 0 Å². The van der Waals surface area contributed by atoms with Crippen LogP contribution in [0.1, 0.15) is 62.4 Å². The average molecular weight is 402 g/mol. The minimum Gasteiger partial charge on any atom is -0.166 e. The molecule has 0 aromatic heterocycles. The highest BCUT2D eigenvalue weighted by atomic mass is 19.4. The maximum absolute atomic E-state index is 13.4. The zero-order chi connectivity index (χ0) is 21.5. The highest BCUT2D eigenvalue weighted by molar-refractivity contribution is 5.40. The SMILES string of the molecule is CC(C)(C)c1cc(CC(C)(C)c2cccc(C(F)(F)F)c2)ccc1C(F)(F)F. The van der Waals surface area contributed by atoms with Crippen LogP contribution in [0.25, 0.3) is 0 Å². The van der Waals surface area contributed by atoms with Gasteiger partial charge in [0.15, 0.2) is 0 Å². The fourth-order valence-corrected chi connectivity index (χ4v) is 3.30. The summed E-state index contributed by atoms with van der Waals surface area (Å²) in [5, 5.41) is 0. The molecule has 154 valence electrons. The Bertz CT molecular complexity index is 835. The van der Waals surface area contributed by atoms with Crippen molar-refractivity contribution in [1.29, 1.82) is 0 Å². The molecule has 2 rings (SSSR count). The number of rotatable bonds is 3. The van der Waals surface area contributed by atoms with Gasteiger partial charge in [0.2, 0.25) is 0 Å². The van der Waals surface area contributed by atoms with Crippen LogP contribution in [0.4, 0.5) is 26.3 Å².